The van der Waals surface area contributed by atoms with Crippen LogP contribution in [0, 0.1) is 28.6 Å². The third-order valence-electron chi connectivity index (χ3n) is 7.88. The maximum Gasteiger partial charge on any atom is 0.0517 e. The van der Waals surface area contributed by atoms with Gasteiger partial charge in [-0.2, -0.15) is 0 Å². The molecule has 0 radical (unpaired) electrons. The SMILES string of the molecule is CC(O)C[C@@]1(C)CCC[C@]2(C)C3=C(CC[C@@H]12)CC(C(C)C)CC3. The Balaban J connectivity index is 1.90. The van der Waals surface area contributed by atoms with E-state index in [2.05, 4.69) is 27.7 Å². The molecule has 1 heteroatoms. The van der Waals surface area contributed by atoms with Gasteiger partial charge in [-0.15, -0.1) is 0 Å². The quantitative estimate of drug-likeness (QED) is 0.622. The van der Waals surface area contributed by atoms with Crippen molar-refractivity contribution in [2.75, 3.05) is 0 Å². The van der Waals surface area contributed by atoms with Crippen LogP contribution in [-0.2, 0) is 0 Å². The van der Waals surface area contributed by atoms with Crippen LogP contribution in [0.2, 0.25) is 0 Å². The molecule has 1 N–H and O–H groups in total. The number of hydrogen-bond donors (Lipinski definition) is 1. The summed E-state index contributed by atoms with van der Waals surface area (Å²) >= 11 is 0. The lowest BCUT2D eigenvalue weighted by Crippen LogP contribution is -2.48. The summed E-state index contributed by atoms with van der Waals surface area (Å²) in [5.74, 6) is 2.54. The van der Waals surface area contributed by atoms with Crippen LogP contribution in [0.25, 0.3) is 0 Å². The van der Waals surface area contributed by atoms with Crippen molar-refractivity contribution in [1.82, 2.24) is 0 Å². The van der Waals surface area contributed by atoms with Crippen LogP contribution in [0.1, 0.15) is 92.4 Å². The summed E-state index contributed by atoms with van der Waals surface area (Å²) in [5.41, 5.74) is 4.48. The maximum absolute atomic E-state index is 10.1. The fourth-order valence-corrected chi connectivity index (χ4v) is 6.80. The van der Waals surface area contributed by atoms with Crippen molar-refractivity contribution in [2.24, 2.45) is 28.6 Å². The Hall–Kier alpha value is -0.300. The highest BCUT2D eigenvalue weighted by molar-refractivity contribution is 5.30. The maximum atomic E-state index is 10.1. The van der Waals surface area contributed by atoms with Crippen molar-refractivity contribution in [3.05, 3.63) is 11.1 Å². The smallest absolute Gasteiger partial charge is 0.0517 e. The molecule has 0 bridgehead atoms. The summed E-state index contributed by atoms with van der Waals surface area (Å²) in [7, 11) is 0. The van der Waals surface area contributed by atoms with E-state index in [1.54, 1.807) is 0 Å². The van der Waals surface area contributed by atoms with Gasteiger partial charge in [0.2, 0.25) is 0 Å². The van der Waals surface area contributed by atoms with E-state index in [0.717, 1.165) is 24.2 Å². The molecule has 0 amide bonds. The van der Waals surface area contributed by atoms with Gasteiger partial charge in [0.25, 0.3) is 0 Å². The van der Waals surface area contributed by atoms with Gasteiger partial charge in [-0.05, 0) is 86.9 Å². The van der Waals surface area contributed by atoms with E-state index in [-0.39, 0.29) is 6.10 Å². The molecular weight excluding hydrogens is 280 g/mol. The Bertz CT molecular complexity index is 474. The summed E-state index contributed by atoms with van der Waals surface area (Å²) in [4.78, 5) is 0. The van der Waals surface area contributed by atoms with Crippen LogP contribution in [0.3, 0.4) is 0 Å². The first-order valence-corrected chi connectivity index (χ1v) is 10.2. The highest BCUT2D eigenvalue weighted by atomic mass is 16.3. The van der Waals surface area contributed by atoms with Crippen molar-refractivity contribution >= 4 is 0 Å². The fraction of sp³-hybridized carbons (Fsp3) is 0.909. The van der Waals surface area contributed by atoms with Gasteiger partial charge in [0.05, 0.1) is 6.10 Å². The highest BCUT2D eigenvalue weighted by Crippen LogP contribution is 2.63. The third-order valence-corrected chi connectivity index (χ3v) is 7.88. The summed E-state index contributed by atoms with van der Waals surface area (Å²) in [6.45, 7) is 11.9. The van der Waals surface area contributed by atoms with E-state index in [1.165, 1.54) is 51.4 Å². The summed E-state index contributed by atoms with van der Waals surface area (Å²) < 4.78 is 0. The largest absolute Gasteiger partial charge is 0.393 e. The van der Waals surface area contributed by atoms with Crippen molar-refractivity contribution in [3.8, 4) is 0 Å². The molecule has 132 valence electrons. The zero-order valence-electron chi connectivity index (χ0n) is 16.1. The van der Waals surface area contributed by atoms with Gasteiger partial charge in [0.15, 0.2) is 0 Å². The average Bonchev–Trinajstić information content (AvgIpc) is 2.45. The van der Waals surface area contributed by atoms with Crippen molar-refractivity contribution in [2.45, 2.75) is 98.5 Å². The number of fused-ring (bicyclic) bond motifs is 2. The molecule has 2 unspecified atom stereocenters. The van der Waals surface area contributed by atoms with Gasteiger partial charge in [-0.25, -0.2) is 0 Å². The Morgan fingerprint density at radius 2 is 1.83 bits per heavy atom. The van der Waals surface area contributed by atoms with Gasteiger partial charge in [-0.3, -0.25) is 0 Å². The molecule has 23 heavy (non-hydrogen) atoms. The summed E-state index contributed by atoms with van der Waals surface area (Å²) in [6.07, 6.45) is 11.7. The molecule has 0 aromatic heterocycles. The van der Waals surface area contributed by atoms with Gasteiger partial charge >= 0.3 is 0 Å². The Kier molecular flexibility index (Phi) is 4.73. The Labute approximate surface area is 143 Å². The molecule has 1 fully saturated rings. The Morgan fingerprint density at radius 3 is 2.48 bits per heavy atom. The van der Waals surface area contributed by atoms with Crippen molar-refractivity contribution in [3.63, 3.8) is 0 Å². The number of aliphatic hydroxyl groups excluding tert-OH is 1. The average molecular weight is 319 g/mol. The predicted molar refractivity (Wildman–Crippen MR) is 98.3 cm³/mol. The first-order chi connectivity index (χ1) is 10.8. The zero-order chi connectivity index (χ0) is 16.8. The molecule has 3 aliphatic carbocycles. The topological polar surface area (TPSA) is 20.2 Å². The number of allylic oxidation sites excluding steroid dienone is 2. The lowest BCUT2D eigenvalue weighted by atomic mass is 9.47. The molecule has 0 aromatic rings. The van der Waals surface area contributed by atoms with Crippen LogP contribution in [-0.4, -0.2) is 11.2 Å². The zero-order valence-corrected chi connectivity index (χ0v) is 16.1. The van der Waals surface area contributed by atoms with Crippen molar-refractivity contribution in [1.29, 1.82) is 0 Å². The highest BCUT2D eigenvalue weighted by Gasteiger charge is 2.53. The lowest BCUT2D eigenvalue weighted by Gasteiger charge is -2.58. The Morgan fingerprint density at radius 1 is 1.09 bits per heavy atom. The molecule has 3 rings (SSSR count). The standard InChI is InChI=1S/C22H38O/c1-15(2)17-7-9-19-18(13-17)8-10-20-21(4,14-16(3)23)11-6-12-22(19,20)5/h15-17,20,23H,6-14H2,1-5H3/t16?,17?,20-,21+,22+/m0/s1. The molecule has 0 aromatic carbocycles. The van der Waals surface area contributed by atoms with Gasteiger partial charge in [-0.1, -0.05) is 45.3 Å². The van der Waals surface area contributed by atoms with E-state index in [4.69, 9.17) is 0 Å². The molecule has 1 nitrogen and oxygen atoms in total. The minimum absolute atomic E-state index is 0.158. The van der Waals surface area contributed by atoms with Crippen LogP contribution < -0.4 is 0 Å². The minimum atomic E-state index is -0.158. The van der Waals surface area contributed by atoms with Crippen LogP contribution in [0.15, 0.2) is 11.1 Å². The second kappa shape index (κ2) is 6.21. The second-order valence-corrected chi connectivity index (χ2v) is 9.90. The third kappa shape index (κ3) is 3.03. The monoisotopic (exact) mass is 318 g/mol. The van der Waals surface area contributed by atoms with Crippen LogP contribution >= 0.6 is 0 Å². The number of aliphatic hydroxyl groups is 1. The number of hydrogen-bond acceptors (Lipinski definition) is 1. The van der Waals surface area contributed by atoms with E-state index < -0.39 is 0 Å². The van der Waals surface area contributed by atoms with E-state index in [0.29, 0.717) is 10.8 Å². The molecule has 3 aliphatic rings. The van der Waals surface area contributed by atoms with E-state index in [9.17, 15) is 5.11 Å². The fourth-order valence-electron chi connectivity index (χ4n) is 6.80. The van der Waals surface area contributed by atoms with Crippen LogP contribution in [0.4, 0.5) is 0 Å². The minimum Gasteiger partial charge on any atom is -0.393 e. The van der Waals surface area contributed by atoms with Gasteiger partial charge in [0, 0.05) is 0 Å². The lowest BCUT2D eigenvalue weighted by molar-refractivity contribution is -0.0345. The molecule has 0 aliphatic heterocycles. The van der Waals surface area contributed by atoms with Gasteiger partial charge < -0.3 is 5.11 Å². The summed E-state index contributed by atoms with van der Waals surface area (Å²) in [5, 5.41) is 10.1. The predicted octanol–water partition coefficient (Wildman–Crippen LogP) is 6.12. The van der Waals surface area contributed by atoms with Gasteiger partial charge in [0.1, 0.15) is 0 Å². The normalized spacial score (nSPS) is 42.4. The molecule has 0 saturated heterocycles. The van der Waals surface area contributed by atoms with E-state index in [1.807, 2.05) is 18.1 Å². The molecular formula is C22H38O. The van der Waals surface area contributed by atoms with Crippen LogP contribution in [0.5, 0.6) is 0 Å². The summed E-state index contributed by atoms with van der Waals surface area (Å²) in [6, 6.07) is 0. The number of rotatable bonds is 3. The van der Waals surface area contributed by atoms with Crippen molar-refractivity contribution < 1.29 is 5.11 Å². The first-order valence-electron chi connectivity index (χ1n) is 10.2. The molecule has 0 heterocycles. The van der Waals surface area contributed by atoms with E-state index >= 15 is 0 Å². The second-order valence-electron chi connectivity index (χ2n) is 9.90. The molecule has 1 saturated carbocycles. The molecule has 5 atom stereocenters. The molecule has 0 spiro atoms. The first kappa shape index (κ1) is 17.5.